The van der Waals surface area contributed by atoms with E-state index in [0.717, 1.165) is 6.54 Å². The Bertz CT molecular complexity index is 99.4. The largest absolute Gasteiger partial charge is 0.336 e. The quantitative estimate of drug-likeness (QED) is 0.412. The Morgan fingerprint density at radius 3 is 2.80 bits per heavy atom. The van der Waals surface area contributed by atoms with Gasteiger partial charge in [0.05, 0.1) is 0 Å². The number of rotatable bonds is 6. The zero-order valence-electron chi connectivity index (χ0n) is 6.84. The van der Waals surface area contributed by atoms with Crippen molar-refractivity contribution < 1.29 is 0 Å². The molecule has 1 nitrogen and oxygen atoms in total. The zero-order valence-corrected chi connectivity index (χ0v) is 8.00. The van der Waals surface area contributed by atoms with Gasteiger partial charge in [0.1, 0.15) is 9.31 Å². The minimum atomic E-state index is 0.196. The average Bonchev–Trinajstić information content (AvgIpc) is 1.97. The van der Waals surface area contributed by atoms with Crippen LogP contribution >= 0.6 is 0 Å². The molecule has 0 N–H and O–H groups in total. The van der Waals surface area contributed by atoms with Crippen LogP contribution in [0.25, 0.3) is 0 Å². The molecule has 0 radical (unpaired) electrons. The molecule has 10 heavy (non-hydrogen) atoms. The molecule has 0 aliphatic carbocycles. The van der Waals surface area contributed by atoms with Crippen molar-refractivity contribution in [3.8, 4) is 0 Å². The maximum absolute atomic E-state index is 4.33. The first kappa shape index (κ1) is 9.76. The minimum absolute atomic E-state index is 0.196. The average molecular weight is 155 g/mol. The Balaban J connectivity index is 2.90. The zero-order chi connectivity index (χ0) is 7.66. The Morgan fingerprint density at radius 1 is 1.40 bits per heavy atom. The van der Waals surface area contributed by atoms with Gasteiger partial charge in [-0.15, -0.1) is 6.58 Å². The summed E-state index contributed by atoms with van der Waals surface area (Å²) < 4.78 is 4.33. The van der Waals surface area contributed by atoms with Crippen molar-refractivity contribution in [2.24, 2.45) is 4.63 Å². The van der Waals surface area contributed by atoms with Crippen LogP contribution in [0.2, 0.25) is 0 Å². The lowest BCUT2D eigenvalue weighted by Gasteiger charge is -1.92. The first-order chi connectivity index (χ1) is 4.91. The molecule has 0 heterocycles. The summed E-state index contributed by atoms with van der Waals surface area (Å²) in [4.78, 5) is 0. The molecule has 0 saturated heterocycles. The Labute approximate surface area is 66.1 Å². The predicted octanol–water partition coefficient (Wildman–Crippen LogP) is 2.33. The van der Waals surface area contributed by atoms with Gasteiger partial charge in [0.2, 0.25) is 0 Å². The van der Waals surface area contributed by atoms with Crippen LogP contribution in [0, 0.1) is 0 Å². The second kappa shape index (κ2) is 8.76. The highest BCUT2D eigenvalue weighted by atomic mass is 28.2. The molecule has 2 heteroatoms. The van der Waals surface area contributed by atoms with Crippen LogP contribution in [0.3, 0.4) is 0 Å². The van der Waals surface area contributed by atoms with E-state index in [1.165, 1.54) is 25.7 Å². The van der Waals surface area contributed by atoms with E-state index in [4.69, 9.17) is 0 Å². The fraction of sp³-hybridized carbons (Fsp3) is 0.750. The van der Waals surface area contributed by atoms with Crippen LogP contribution in [0.4, 0.5) is 0 Å². The van der Waals surface area contributed by atoms with Crippen molar-refractivity contribution >= 4 is 9.31 Å². The molecule has 0 atom stereocenters. The van der Waals surface area contributed by atoms with Gasteiger partial charge in [0.15, 0.2) is 0 Å². The Kier molecular flexibility index (Phi) is 8.54. The van der Waals surface area contributed by atoms with Gasteiger partial charge < -0.3 is 4.63 Å². The van der Waals surface area contributed by atoms with Gasteiger partial charge in [-0.3, -0.25) is 0 Å². The molecule has 0 unspecified atom stereocenters. The van der Waals surface area contributed by atoms with Crippen molar-refractivity contribution in [1.82, 2.24) is 0 Å². The topological polar surface area (TPSA) is 12.4 Å². The number of hydrogen-bond acceptors (Lipinski definition) is 1. The highest BCUT2D eigenvalue weighted by Crippen LogP contribution is 1.97. The van der Waals surface area contributed by atoms with E-state index in [9.17, 15) is 0 Å². The predicted molar refractivity (Wildman–Crippen MR) is 48.8 cm³/mol. The van der Waals surface area contributed by atoms with E-state index < -0.39 is 0 Å². The van der Waals surface area contributed by atoms with Gasteiger partial charge in [-0.2, -0.15) is 0 Å². The summed E-state index contributed by atoms with van der Waals surface area (Å²) in [5.74, 6) is 0. The molecular weight excluding hydrogens is 138 g/mol. The molecule has 0 rings (SSSR count). The fourth-order valence-corrected chi connectivity index (χ4v) is 1.26. The third kappa shape index (κ3) is 7.76. The third-order valence-electron chi connectivity index (χ3n) is 1.35. The van der Waals surface area contributed by atoms with Crippen molar-refractivity contribution in [3.63, 3.8) is 0 Å². The van der Waals surface area contributed by atoms with Crippen LogP contribution in [-0.2, 0) is 0 Å². The van der Waals surface area contributed by atoms with E-state index in [0.29, 0.717) is 0 Å². The molecule has 0 bridgehead atoms. The van der Waals surface area contributed by atoms with Gasteiger partial charge in [0.25, 0.3) is 0 Å². The smallest absolute Gasteiger partial charge is 0.131 e. The summed E-state index contributed by atoms with van der Waals surface area (Å²) >= 11 is 0. The second-order valence-electron chi connectivity index (χ2n) is 2.35. The third-order valence-corrected chi connectivity index (χ3v) is 2.03. The molecule has 0 aromatic carbocycles. The molecule has 0 fully saturated rings. The van der Waals surface area contributed by atoms with Crippen molar-refractivity contribution in [3.05, 3.63) is 12.3 Å². The normalized spacial score (nSPS) is 10.5. The monoisotopic (exact) mass is 155 g/mol. The Hall–Kier alpha value is -0.243. The van der Waals surface area contributed by atoms with Crippen LogP contribution < -0.4 is 0 Å². The summed E-state index contributed by atoms with van der Waals surface area (Å²) in [5, 5.41) is 0. The van der Waals surface area contributed by atoms with Gasteiger partial charge in [-0.05, 0) is 6.42 Å². The fourth-order valence-electron chi connectivity index (χ4n) is 0.779. The van der Waals surface area contributed by atoms with Crippen LogP contribution in [-0.4, -0.2) is 15.9 Å². The lowest BCUT2D eigenvalue weighted by Crippen LogP contribution is -1.81. The maximum Gasteiger partial charge on any atom is 0.131 e. The van der Waals surface area contributed by atoms with E-state index in [2.05, 4.69) is 18.1 Å². The first-order valence-electron chi connectivity index (χ1n) is 4.02. The van der Waals surface area contributed by atoms with Crippen molar-refractivity contribution in [2.45, 2.75) is 32.6 Å². The van der Waals surface area contributed by atoms with E-state index >= 15 is 0 Å². The highest BCUT2D eigenvalue weighted by Gasteiger charge is 1.82. The molecular formula is C8H17NSi. The maximum atomic E-state index is 4.33. The van der Waals surface area contributed by atoms with Crippen molar-refractivity contribution in [1.29, 1.82) is 0 Å². The van der Waals surface area contributed by atoms with E-state index in [-0.39, 0.29) is 9.31 Å². The Morgan fingerprint density at radius 2 is 2.20 bits per heavy atom. The summed E-state index contributed by atoms with van der Waals surface area (Å²) in [6.07, 6.45) is 5.29. The highest BCUT2D eigenvalue weighted by molar-refractivity contribution is 6.28. The molecule has 0 amide bonds. The second-order valence-corrected chi connectivity index (χ2v) is 3.49. The van der Waals surface area contributed by atoms with Gasteiger partial charge in [0, 0.05) is 6.54 Å². The number of nitrogens with zero attached hydrogens (tertiary/aromatic N) is 1. The molecule has 0 aromatic rings. The molecule has 0 saturated carbocycles. The van der Waals surface area contributed by atoms with E-state index in [1.54, 1.807) is 0 Å². The lowest BCUT2D eigenvalue weighted by molar-refractivity contribution is 0.676. The van der Waals surface area contributed by atoms with Crippen LogP contribution in [0.15, 0.2) is 16.9 Å². The number of unbranched alkanes of at least 4 members (excludes halogenated alkanes) is 3. The molecule has 0 spiro atoms. The van der Waals surface area contributed by atoms with Crippen LogP contribution in [0.1, 0.15) is 32.6 Å². The van der Waals surface area contributed by atoms with E-state index in [1.807, 2.05) is 5.70 Å². The van der Waals surface area contributed by atoms with Crippen LogP contribution in [0.5, 0.6) is 0 Å². The van der Waals surface area contributed by atoms with Crippen molar-refractivity contribution in [2.75, 3.05) is 6.54 Å². The molecule has 58 valence electrons. The summed E-state index contributed by atoms with van der Waals surface area (Å²) in [6.45, 7) is 6.92. The van der Waals surface area contributed by atoms with Gasteiger partial charge >= 0.3 is 0 Å². The first-order valence-corrected chi connectivity index (χ1v) is 5.21. The van der Waals surface area contributed by atoms with Gasteiger partial charge in [-0.1, -0.05) is 31.9 Å². The van der Waals surface area contributed by atoms with Gasteiger partial charge in [-0.25, -0.2) is 0 Å². The minimum Gasteiger partial charge on any atom is -0.336 e. The standard InChI is InChI=1S/C8H17NSi/c1-3-5-6-7-8-9-10-4-2/h4,10H,2-3,5-8H2,1H3. The molecule has 0 aromatic heterocycles. The summed E-state index contributed by atoms with van der Waals surface area (Å²) in [6, 6.07) is 0. The summed E-state index contributed by atoms with van der Waals surface area (Å²) in [7, 11) is 0.196. The lowest BCUT2D eigenvalue weighted by atomic mass is 10.2. The molecule has 0 aliphatic rings. The SMILES string of the molecule is C=C[SiH]=NCCCCCC. The number of hydrogen-bond donors (Lipinski definition) is 0. The molecule has 0 aliphatic heterocycles. The summed E-state index contributed by atoms with van der Waals surface area (Å²) in [5.41, 5.74) is 1.93.